The second-order valence-electron chi connectivity index (χ2n) is 6.17. The minimum Gasteiger partial charge on any atom is -0.352 e. The number of hydrogen-bond acceptors (Lipinski definition) is 4. The Kier molecular flexibility index (Phi) is 4.39. The second kappa shape index (κ2) is 6.31. The topological polar surface area (TPSA) is 83.6 Å². The van der Waals surface area contributed by atoms with Crippen LogP contribution in [0.15, 0.2) is 24.3 Å². The molecular formula is C16H20N2O4S. The molecule has 0 bridgehead atoms. The van der Waals surface area contributed by atoms with Gasteiger partial charge in [-0.3, -0.25) is 9.59 Å². The highest BCUT2D eigenvalue weighted by molar-refractivity contribution is 7.91. The Bertz CT molecular complexity index is 712. The van der Waals surface area contributed by atoms with E-state index in [4.69, 9.17) is 0 Å². The Morgan fingerprint density at radius 3 is 2.57 bits per heavy atom. The van der Waals surface area contributed by atoms with Crippen molar-refractivity contribution in [2.75, 3.05) is 29.5 Å². The van der Waals surface area contributed by atoms with Crippen LogP contribution in [0.1, 0.15) is 29.6 Å². The van der Waals surface area contributed by atoms with Crippen molar-refractivity contribution in [2.45, 2.75) is 19.3 Å². The summed E-state index contributed by atoms with van der Waals surface area (Å²) in [7, 11) is -2.92. The van der Waals surface area contributed by atoms with Gasteiger partial charge in [-0.2, -0.15) is 0 Å². The van der Waals surface area contributed by atoms with Gasteiger partial charge in [0.15, 0.2) is 9.84 Å². The van der Waals surface area contributed by atoms with Gasteiger partial charge in [-0.25, -0.2) is 8.42 Å². The predicted octanol–water partition coefficient (Wildman–Crippen LogP) is 0.978. The minimum atomic E-state index is -2.92. The Hall–Kier alpha value is -1.89. The van der Waals surface area contributed by atoms with Crippen molar-refractivity contribution < 1.29 is 18.0 Å². The Balaban J connectivity index is 1.56. The number of rotatable bonds is 4. The highest BCUT2D eigenvalue weighted by atomic mass is 32.2. The zero-order valence-corrected chi connectivity index (χ0v) is 13.6. The van der Waals surface area contributed by atoms with Gasteiger partial charge in [-0.15, -0.1) is 0 Å². The number of hydrogen-bond donors (Lipinski definition) is 1. The van der Waals surface area contributed by atoms with Crippen LogP contribution in [0.5, 0.6) is 0 Å². The molecule has 3 rings (SSSR count). The summed E-state index contributed by atoms with van der Waals surface area (Å²) in [4.78, 5) is 25.5. The van der Waals surface area contributed by atoms with Crippen molar-refractivity contribution in [1.29, 1.82) is 0 Å². The zero-order valence-electron chi connectivity index (χ0n) is 12.8. The first-order chi connectivity index (χ1) is 10.9. The fourth-order valence-corrected chi connectivity index (χ4v) is 4.95. The number of amides is 2. The van der Waals surface area contributed by atoms with Crippen LogP contribution in [0.3, 0.4) is 0 Å². The van der Waals surface area contributed by atoms with Gasteiger partial charge in [-0.05, 0) is 43.0 Å². The molecule has 1 aromatic rings. The summed E-state index contributed by atoms with van der Waals surface area (Å²) in [5, 5.41) is 2.79. The molecule has 1 N–H and O–H groups in total. The first-order valence-corrected chi connectivity index (χ1v) is 9.66. The monoisotopic (exact) mass is 336 g/mol. The van der Waals surface area contributed by atoms with Crippen LogP contribution in [-0.2, 0) is 14.6 Å². The van der Waals surface area contributed by atoms with Crippen molar-refractivity contribution >= 4 is 27.3 Å². The van der Waals surface area contributed by atoms with Crippen LogP contribution in [-0.4, -0.2) is 44.8 Å². The van der Waals surface area contributed by atoms with E-state index in [1.807, 2.05) is 0 Å². The van der Waals surface area contributed by atoms with Gasteiger partial charge in [0.2, 0.25) is 5.91 Å². The number of anilines is 1. The number of carbonyl (C=O) groups excluding carboxylic acids is 2. The molecule has 124 valence electrons. The Labute approximate surface area is 135 Å². The summed E-state index contributed by atoms with van der Waals surface area (Å²) in [6, 6.07) is 6.94. The third-order valence-electron chi connectivity index (χ3n) is 4.39. The molecule has 0 spiro atoms. The number of carbonyl (C=O) groups is 2. The third-order valence-corrected chi connectivity index (χ3v) is 6.23. The normalized spacial score (nSPS) is 23.2. The number of nitrogens with one attached hydrogen (secondary N) is 1. The quantitative estimate of drug-likeness (QED) is 0.888. The number of sulfone groups is 1. The zero-order chi connectivity index (χ0) is 16.4. The lowest BCUT2D eigenvalue weighted by Gasteiger charge is -2.16. The fourth-order valence-electron chi connectivity index (χ4n) is 3.09. The van der Waals surface area contributed by atoms with E-state index in [1.165, 1.54) is 0 Å². The summed E-state index contributed by atoms with van der Waals surface area (Å²) in [5.74, 6) is 0.277. The van der Waals surface area contributed by atoms with Crippen LogP contribution in [0, 0.1) is 5.92 Å². The molecule has 23 heavy (non-hydrogen) atoms. The molecule has 2 amide bonds. The molecule has 1 atom stereocenters. The van der Waals surface area contributed by atoms with Gasteiger partial charge in [-0.1, -0.05) is 0 Å². The highest BCUT2D eigenvalue weighted by Crippen LogP contribution is 2.22. The van der Waals surface area contributed by atoms with Crippen LogP contribution in [0.2, 0.25) is 0 Å². The molecular weight excluding hydrogens is 316 g/mol. The van der Waals surface area contributed by atoms with Gasteiger partial charge in [0.1, 0.15) is 0 Å². The van der Waals surface area contributed by atoms with Crippen LogP contribution >= 0.6 is 0 Å². The lowest BCUT2D eigenvalue weighted by atomic mass is 10.1. The number of benzene rings is 1. The van der Waals surface area contributed by atoms with Gasteiger partial charge >= 0.3 is 0 Å². The average Bonchev–Trinajstić information content (AvgIpc) is 3.10. The maximum atomic E-state index is 12.1. The first kappa shape index (κ1) is 16.0. The molecule has 2 fully saturated rings. The standard InChI is InChI=1S/C16H20N2O4S/c19-15-2-1-8-18(15)14-5-3-13(4-6-14)16(20)17-10-12-7-9-23(21,22)11-12/h3-6,12H,1-2,7-11H2,(H,17,20)/t12-/m0/s1. The lowest BCUT2D eigenvalue weighted by molar-refractivity contribution is -0.117. The van der Waals surface area contributed by atoms with Gasteiger partial charge < -0.3 is 10.2 Å². The van der Waals surface area contributed by atoms with E-state index in [-0.39, 0.29) is 29.2 Å². The van der Waals surface area contributed by atoms with E-state index in [0.29, 0.717) is 24.9 Å². The molecule has 2 aliphatic heterocycles. The molecule has 2 saturated heterocycles. The summed E-state index contributed by atoms with van der Waals surface area (Å²) in [6.45, 7) is 1.10. The molecule has 0 radical (unpaired) electrons. The smallest absolute Gasteiger partial charge is 0.251 e. The molecule has 0 unspecified atom stereocenters. The van der Waals surface area contributed by atoms with Crippen molar-refractivity contribution in [2.24, 2.45) is 5.92 Å². The van der Waals surface area contributed by atoms with Crippen molar-refractivity contribution in [1.82, 2.24) is 5.32 Å². The van der Waals surface area contributed by atoms with Crippen molar-refractivity contribution in [3.63, 3.8) is 0 Å². The van der Waals surface area contributed by atoms with Crippen LogP contribution in [0.25, 0.3) is 0 Å². The summed E-state index contributed by atoms with van der Waals surface area (Å²) >= 11 is 0. The minimum absolute atomic E-state index is 0.00504. The lowest BCUT2D eigenvalue weighted by Crippen LogP contribution is -2.30. The molecule has 7 heteroatoms. The third kappa shape index (κ3) is 3.72. The molecule has 0 aromatic heterocycles. The molecule has 2 aliphatic rings. The maximum Gasteiger partial charge on any atom is 0.251 e. The Morgan fingerprint density at radius 1 is 1.26 bits per heavy atom. The molecule has 0 aliphatic carbocycles. The first-order valence-electron chi connectivity index (χ1n) is 7.84. The number of nitrogens with zero attached hydrogens (tertiary/aromatic N) is 1. The van der Waals surface area contributed by atoms with Crippen LogP contribution < -0.4 is 10.2 Å². The summed E-state index contributed by atoms with van der Waals surface area (Å²) in [6.07, 6.45) is 2.05. The highest BCUT2D eigenvalue weighted by Gasteiger charge is 2.28. The molecule has 1 aromatic carbocycles. The van der Waals surface area contributed by atoms with Crippen molar-refractivity contribution in [3.05, 3.63) is 29.8 Å². The van der Waals surface area contributed by atoms with E-state index in [2.05, 4.69) is 5.32 Å². The molecule has 6 nitrogen and oxygen atoms in total. The summed E-state index contributed by atoms with van der Waals surface area (Å²) in [5.41, 5.74) is 1.33. The van der Waals surface area contributed by atoms with E-state index in [9.17, 15) is 18.0 Å². The second-order valence-corrected chi connectivity index (χ2v) is 8.40. The van der Waals surface area contributed by atoms with E-state index < -0.39 is 9.84 Å². The maximum absolute atomic E-state index is 12.1. The SMILES string of the molecule is O=C(NC[C@@H]1CCS(=O)(=O)C1)c1ccc(N2CCCC2=O)cc1. The predicted molar refractivity (Wildman–Crippen MR) is 87.1 cm³/mol. The molecule has 2 heterocycles. The Morgan fingerprint density at radius 2 is 2.00 bits per heavy atom. The summed E-state index contributed by atoms with van der Waals surface area (Å²) < 4.78 is 22.8. The fraction of sp³-hybridized carbons (Fsp3) is 0.500. The van der Waals surface area contributed by atoms with Crippen molar-refractivity contribution in [3.8, 4) is 0 Å². The van der Waals surface area contributed by atoms with E-state index in [1.54, 1.807) is 29.2 Å². The van der Waals surface area contributed by atoms with E-state index in [0.717, 1.165) is 18.7 Å². The van der Waals surface area contributed by atoms with Crippen LogP contribution in [0.4, 0.5) is 5.69 Å². The van der Waals surface area contributed by atoms with Gasteiger partial charge in [0.05, 0.1) is 11.5 Å². The van der Waals surface area contributed by atoms with Gasteiger partial charge in [0.25, 0.3) is 5.91 Å². The average molecular weight is 336 g/mol. The molecule has 0 saturated carbocycles. The van der Waals surface area contributed by atoms with E-state index >= 15 is 0 Å². The van der Waals surface area contributed by atoms with Gasteiger partial charge in [0, 0.05) is 30.8 Å². The largest absolute Gasteiger partial charge is 0.352 e.